The Bertz CT molecular complexity index is 725. The molecule has 1 N–H and O–H groups in total. The highest BCUT2D eigenvalue weighted by Crippen LogP contribution is 2.22. The minimum atomic E-state index is -0.0398. The van der Waals surface area contributed by atoms with Gasteiger partial charge in [-0.2, -0.15) is 0 Å². The maximum atomic E-state index is 12.0. The third-order valence-electron chi connectivity index (χ3n) is 3.63. The highest BCUT2D eigenvalue weighted by Gasteiger charge is 2.06. The number of hydrogen-bond acceptors (Lipinski definition) is 3. The van der Waals surface area contributed by atoms with Crippen LogP contribution in [0.4, 0.5) is 5.69 Å². The summed E-state index contributed by atoms with van der Waals surface area (Å²) < 4.78 is 0. The molecule has 2 rings (SSSR count). The molecule has 0 saturated carbocycles. The molecule has 0 heterocycles. The van der Waals surface area contributed by atoms with Crippen LogP contribution in [-0.2, 0) is 4.79 Å². The van der Waals surface area contributed by atoms with Crippen molar-refractivity contribution in [2.24, 2.45) is 0 Å². The Hall–Kier alpha value is -2.07. The van der Waals surface area contributed by atoms with E-state index in [2.05, 4.69) is 37.4 Å². The lowest BCUT2D eigenvalue weighted by Gasteiger charge is -2.07. The molecule has 0 unspecified atom stereocenters. The van der Waals surface area contributed by atoms with Crippen molar-refractivity contribution in [2.45, 2.75) is 32.1 Å². The number of rotatable bonds is 6. The highest BCUT2D eigenvalue weighted by molar-refractivity contribution is 7.99. The molecule has 0 spiro atoms. The van der Waals surface area contributed by atoms with E-state index in [1.54, 1.807) is 36.0 Å². The lowest BCUT2D eigenvalue weighted by atomic mass is 10.1. The standard InChI is InChI=1S/C19H21NO2S/c1-13-7-8-18(11-14(13)2)23-10-9-19(22)20-17-6-4-5-16(12-17)15(3)21/h4-8,11-12H,9-10H2,1-3H3,(H,20,22). The van der Waals surface area contributed by atoms with Crippen molar-refractivity contribution in [3.63, 3.8) is 0 Å². The fourth-order valence-electron chi connectivity index (χ4n) is 2.10. The third kappa shape index (κ3) is 5.25. The summed E-state index contributed by atoms with van der Waals surface area (Å²) in [5.74, 6) is 0.675. The van der Waals surface area contributed by atoms with Gasteiger partial charge in [-0.3, -0.25) is 9.59 Å². The molecule has 0 bridgehead atoms. The van der Waals surface area contributed by atoms with Gasteiger partial charge in [-0.25, -0.2) is 0 Å². The monoisotopic (exact) mass is 327 g/mol. The topological polar surface area (TPSA) is 46.2 Å². The molecule has 0 aromatic heterocycles. The largest absolute Gasteiger partial charge is 0.326 e. The number of benzene rings is 2. The first-order valence-electron chi connectivity index (χ1n) is 7.56. The number of amides is 1. The maximum absolute atomic E-state index is 12.0. The van der Waals surface area contributed by atoms with Crippen LogP contribution < -0.4 is 5.32 Å². The van der Waals surface area contributed by atoms with E-state index < -0.39 is 0 Å². The second-order valence-corrected chi connectivity index (χ2v) is 6.70. The van der Waals surface area contributed by atoms with Gasteiger partial charge >= 0.3 is 0 Å². The average molecular weight is 327 g/mol. The molecule has 120 valence electrons. The number of aryl methyl sites for hydroxylation is 2. The molecule has 0 aliphatic rings. The van der Waals surface area contributed by atoms with Crippen molar-refractivity contribution >= 4 is 29.1 Å². The zero-order valence-corrected chi connectivity index (χ0v) is 14.5. The summed E-state index contributed by atoms with van der Waals surface area (Å²) in [6.07, 6.45) is 0.432. The first kappa shape index (κ1) is 17.3. The van der Waals surface area contributed by atoms with Crippen LogP contribution in [0.25, 0.3) is 0 Å². The Morgan fingerprint density at radius 1 is 1.04 bits per heavy atom. The van der Waals surface area contributed by atoms with Gasteiger partial charge < -0.3 is 5.32 Å². The van der Waals surface area contributed by atoms with Gasteiger partial charge in [0.2, 0.25) is 5.91 Å². The zero-order valence-electron chi connectivity index (χ0n) is 13.7. The predicted octanol–water partition coefficient (Wildman–Crippen LogP) is 4.63. The quantitative estimate of drug-likeness (QED) is 0.621. The van der Waals surface area contributed by atoms with Gasteiger partial charge in [0.1, 0.15) is 0 Å². The molecule has 0 atom stereocenters. The molecule has 0 radical (unpaired) electrons. The summed E-state index contributed by atoms with van der Waals surface area (Å²) >= 11 is 1.68. The van der Waals surface area contributed by atoms with Crippen molar-refractivity contribution in [1.29, 1.82) is 0 Å². The van der Waals surface area contributed by atoms with Gasteiger partial charge in [0.05, 0.1) is 0 Å². The first-order chi connectivity index (χ1) is 11.0. The van der Waals surface area contributed by atoms with E-state index in [1.807, 2.05) is 0 Å². The molecule has 2 aromatic carbocycles. The minimum absolute atomic E-state index is 0.00797. The number of carbonyl (C=O) groups is 2. The van der Waals surface area contributed by atoms with Gasteiger partial charge in [-0.05, 0) is 56.2 Å². The Morgan fingerprint density at radius 2 is 1.83 bits per heavy atom. The summed E-state index contributed by atoms with van der Waals surface area (Å²) in [5.41, 5.74) is 3.81. The summed E-state index contributed by atoms with van der Waals surface area (Å²) in [7, 11) is 0. The molecular formula is C19H21NO2S. The van der Waals surface area contributed by atoms with E-state index in [4.69, 9.17) is 0 Å². The molecule has 0 aliphatic carbocycles. The molecule has 0 saturated heterocycles. The van der Waals surface area contributed by atoms with Crippen LogP contribution in [0.1, 0.15) is 34.8 Å². The number of ketones is 1. The highest BCUT2D eigenvalue weighted by atomic mass is 32.2. The van der Waals surface area contributed by atoms with Crippen molar-refractivity contribution in [3.8, 4) is 0 Å². The summed E-state index contributed by atoms with van der Waals surface area (Å²) in [4.78, 5) is 24.5. The van der Waals surface area contributed by atoms with Crippen molar-refractivity contribution < 1.29 is 9.59 Å². The summed E-state index contributed by atoms with van der Waals surface area (Å²) in [6, 6.07) is 13.3. The first-order valence-corrected chi connectivity index (χ1v) is 8.55. The Morgan fingerprint density at radius 3 is 2.52 bits per heavy atom. The van der Waals surface area contributed by atoms with Crippen LogP contribution in [-0.4, -0.2) is 17.4 Å². The SMILES string of the molecule is CC(=O)c1cccc(NC(=O)CCSc2ccc(C)c(C)c2)c1. The van der Waals surface area contributed by atoms with Gasteiger partial charge in [-0.15, -0.1) is 11.8 Å². The van der Waals surface area contributed by atoms with Crippen LogP contribution >= 0.6 is 11.8 Å². The van der Waals surface area contributed by atoms with E-state index in [9.17, 15) is 9.59 Å². The number of nitrogens with one attached hydrogen (secondary N) is 1. The van der Waals surface area contributed by atoms with Crippen molar-refractivity contribution in [3.05, 3.63) is 59.2 Å². The normalized spacial score (nSPS) is 10.4. The molecule has 0 fully saturated rings. The minimum Gasteiger partial charge on any atom is -0.326 e. The van der Waals surface area contributed by atoms with Crippen LogP contribution in [0, 0.1) is 13.8 Å². The fraction of sp³-hybridized carbons (Fsp3) is 0.263. The molecule has 4 heteroatoms. The van der Waals surface area contributed by atoms with Gasteiger partial charge in [0, 0.05) is 28.3 Å². The summed E-state index contributed by atoms with van der Waals surface area (Å²) in [6.45, 7) is 5.70. The molecule has 0 aliphatic heterocycles. The molecule has 1 amide bonds. The summed E-state index contributed by atoms with van der Waals surface area (Å²) in [5, 5.41) is 2.84. The molecule has 3 nitrogen and oxygen atoms in total. The van der Waals surface area contributed by atoms with Crippen LogP contribution in [0.15, 0.2) is 47.4 Å². The Kier molecular flexibility index (Phi) is 5.99. The van der Waals surface area contributed by atoms with Gasteiger partial charge in [0.15, 0.2) is 5.78 Å². The van der Waals surface area contributed by atoms with Gasteiger partial charge in [0.25, 0.3) is 0 Å². The Balaban J connectivity index is 1.84. The van der Waals surface area contributed by atoms with Crippen molar-refractivity contribution in [1.82, 2.24) is 0 Å². The van der Waals surface area contributed by atoms with Crippen LogP contribution in [0.2, 0.25) is 0 Å². The predicted molar refractivity (Wildman–Crippen MR) is 96.3 cm³/mol. The van der Waals surface area contributed by atoms with Gasteiger partial charge in [-0.1, -0.05) is 18.2 Å². The maximum Gasteiger partial charge on any atom is 0.225 e. The lowest BCUT2D eigenvalue weighted by molar-refractivity contribution is -0.115. The molecular weight excluding hydrogens is 306 g/mol. The van der Waals surface area contributed by atoms with Crippen molar-refractivity contribution in [2.75, 3.05) is 11.1 Å². The third-order valence-corrected chi connectivity index (χ3v) is 4.62. The van der Waals surface area contributed by atoms with Crippen LogP contribution in [0.3, 0.4) is 0 Å². The van der Waals surface area contributed by atoms with Crippen LogP contribution in [0.5, 0.6) is 0 Å². The van der Waals surface area contributed by atoms with E-state index in [1.165, 1.54) is 22.9 Å². The smallest absolute Gasteiger partial charge is 0.225 e. The molecule has 23 heavy (non-hydrogen) atoms. The van der Waals surface area contributed by atoms with E-state index in [0.717, 1.165) is 5.75 Å². The fourth-order valence-corrected chi connectivity index (χ4v) is 3.05. The number of anilines is 1. The number of thioether (sulfide) groups is 1. The number of Topliss-reactive ketones (excluding diaryl/α,β-unsaturated/α-hetero) is 1. The second kappa shape index (κ2) is 7.97. The lowest BCUT2D eigenvalue weighted by Crippen LogP contribution is -2.12. The average Bonchev–Trinajstić information content (AvgIpc) is 2.51. The van der Waals surface area contributed by atoms with E-state index in [0.29, 0.717) is 17.7 Å². The number of hydrogen-bond donors (Lipinski definition) is 1. The zero-order chi connectivity index (χ0) is 16.8. The van der Waals surface area contributed by atoms with E-state index >= 15 is 0 Å². The number of carbonyl (C=O) groups excluding carboxylic acids is 2. The van der Waals surface area contributed by atoms with E-state index in [-0.39, 0.29) is 11.7 Å². The Labute approximate surface area is 141 Å². The molecule has 2 aromatic rings. The second-order valence-electron chi connectivity index (χ2n) is 5.53.